The zero-order valence-corrected chi connectivity index (χ0v) is 21.0. The Bertz CT molecular complexity index is 886. The Labute approximate surface area is 206 Å². The van der Waals surface area contributed by atoms with Crippen molar-refractivity contribution in [3.63, 3.8) is 0 Å². The molecular weight excluding hydrogens is 522 g/mol. The first kappa shape index (κ1) is 25.9. The van der Waals surface area contributed by atoms with Gasteiger partial charge in [-0.3, -0.25) is 9.79 Å². The first-order valence-electron chi connectivity index (χ1n) is 10.8. The number of rotatable bonds is 7. The molecule has 1 unspecified atom stereocenters. The number of ether oxygens (including phenoxy) is 1. The molecule has 0 bridgehead atoms. The number of aliphatic imine (C=N–C) groups is 1. The van der Waals surface area contributed by atoms with Gasteiger partial charge in [-0.25, -0.2) is 4.39 Å². The highest BCUT2D eigenvalue weighted by atomic mass is 127. The fourth-order valence-electron chi connectivity index (χ4n) is 3.53. The standard InChI is InChI=1S/C24H31FN4O2.HI/c1-18(31-22-11-9-21(25)10-12-22)16-27-24(26-2)28-17-19-7-6-8-20(15-19)23(30)29-13-4-3-5-14-29;/h6-12,15,18H,3-5,13-14,16-17H2,1-2H3,(H2,26,27,28);1H. The minimum absolute atomic E-state index is 0. The van der Waals surface area contributed by atoms with E-state index in [9.17, 15) is 9.18 Å². The van der Waals surface area contributed by atoms with E-state index in [1.54, 1.807) is 19.2 Å². The molecule has 1 fully saturated rings. The van der Waals surface area contributed by atoms with Crippen molar-refractivity contribution in [3.8, 4) is 5.75 Å². The van der Waals surface area contributed by atoms with Gasteiger partial charge < -0.3 is 20.3 Å². The molecular formula is C24H32FIN4O2. The Morgan fingerprint density at radius 2 is 1.84 bits per heavy atom. The number of amides is 1. The van der Waals surface area contributed by atoms with Crippen molar-refractivity contribution >= 4 is 35.8 Å². The van der Waals surface area contributed by atoms with Crippen molar-refractivity contribution in [1.82, 2.24) is 15.5 Å². The van der Waals surface area contributed by atoms with Crippen molar-refractivity contribution < 1.29 is 13.9 Å². The van der Waals surface area contributed by atoms with Gasteiger partial charge in [0.05, 0.1) is 6.54 Å². The van der Waals surface area contributed by atoms with Crippen LogP contribution in [0.15, 0.2) is 53.5 Å². The summed E-state index contributed by atoms with van der Waals surface area (Å²) in [5, 5.41) is 6.49. The molecule has 1 saturated heterocycles. The van der Waals surface area contributed by atoms with Gasteiger partial charge in [0.15, 0.2) is 5.96 Å². The molecule has 1 atom stereocenters. The molecule has 3 rings (SSSR count). The number of carbonyl (C=O) groups excluding carboxylic acids is 1. The van der Waals surface area contributed by atoms with E-state index < -0.39 is 0 Å². The first-order chi connectivity index (χ1) is 15.0. The molecule has 1 heterocycles. The SMILES string of the molecule is CN=C(NCc1cccc(C(=O)N2CCCCC2)c1)NCC(C)Oc1ccc(F)cc1.I. The van der Waals surface area contributed by atoms with Gasteiger partial charge in [0.25, 0.3) is 5.91 Å². The number of piperidine rings is 1. The monoisotopic (exact) mass is 554 g/mol. The van der Waals surface area contributed by atoms with E-state index in [1.807, 2.05) is 36.1 Å². The molecule has 174 valence electrons. The maximum atomic E-state index is 13.0. The molecule has 0 spiro atoms. The minimum Gasteiger partial charge on any atom is -0.489 e. The Morgan fingerprint density at radius 1 is 1.12 bits per heavy atom. The van der Waals surface area contributed by atoms with Crippen LogP contribution in [0.2, 0.25) is 0 Å². The number of nitrogens with one attached hydrogen (secondary N) is 2. The molecule has 2 N–H and O–H groups in total. The molecule has 2 aromatic carbocycles. The quantitative estimate of drug-likeness (QED) is 0.306. The summed E-state index contributed by atoms with van der Waals surface area (Å²) in [6, 6.07) is 13.7. The van der Waals surface area contributed by atoms with Crippen molar-refractivity contribution in [2.24, 2.45) is 4.99 Å². The van der Waals surface area contributed by atoms with Crippen LogP contribution in [0, 0.1) is 5.82 Å². The predicted molar refractivity (Wildman–Crippen MR) is 136 cm³/mol. The van der Waals surface area contributed by atoms with Gasteiger partial charge in [-0.1, -0.05) is 12.1 Å². The third-order valence-electron chi connectivity index (χ3n) is 5.21. The van der Waals surface area contributed by atoms with Gasteiger partial charge in [-0.2, -0.15) is 0 Å². The summed E-state index contributed by atoms with van der Waals surface area (Å²) < 4.78 is 18.8. The van der Waals surface area contributed by atoms with E-state index in [0.717, 1.165) is 37.1 Å². The Kier molecular flexibility index (Phi) is 10.7. The normalized spacial score (nSPS) is 14.8. The molecule has 0 aromatic heterocycles. The number of hydrogen-bond donors (Lipinski definition) is 2. The van der Waals surface area contributed by atoms with Crippen molar-refractivity contribution in [2.45, 2.75) is 38.8 Å². The number of hydrogen-bond acceptors (Lipinski definition) is 3. The minimum atomic E-state index is -0.288. The lowest BCUT2D eigenvalue weighted by molar-refractivity contribution is 0.0724. The molecule has 6 nitrogen and oxygen atoms in total. The Balaban J connectivity index is 0.00000363. The van der Waals surface area contributed by atoms with Crippen LogP contribution in [0.5, 0.6) is 5.75 Å². The zero-order valence-electron chi connectivity index (χ0n) is 18.6. The highest BCUT2D eigenvalue weighted by Gasteiger charge is 2.18. The zero-order chi connectivity index (χ0) is 22.1. The van der Waals surface area contributed by atoms with Crippen LogP contribution in [0.1, 0.15) is 42.1 Å². The molecule has 8 heteroatoms. The second kappa shape index (κ2) is 13.2. The van der Waals surface area contributed by atoms with E-state index in [1.165, 1.54) is 18.6 Å². The van der Waals surface area contributed by atoms with Gasteiger partial charge in [-0.15, -0.1) is 24.0 Å². The number of nitrogens with zero attached hydrogens (tertiary/aromatic N) is 2. The lowest BCUT2D eigenvalue weighted by Gasteiger charge is -2.26. The number of carbonyl (C=O) groups is 1. The van der Waals surface area contributed by atoms with Gasteiger partial charge in [-0.05, 0) is 68.1 Å². The predicted octanol–water partition coefficient (Wildman–Crippen LogP) is 4.20. The molecule has 1 amide bonds. The van der Waals surface area contributed by atoms with Gasteiger partial charge in [0, 0.05) is 32.2 Å². The van der Waals surface area contributed by atoms with Crippen molar-refractivity contribution in [2.75, 3.05) is 26.7 Å². The number of halogens is 2. The topological polar surface area (TPSA) is 66.0 Å². The summed E-state index contributed by atoms with van der Waals surface area (Å²) >= 11 is 0. The summed E-state index contributed by atoms with van der Waals surface area (Å²) in [6.45, 7) is 4.70. The first-order valence-corrected chi connectivity index (χ1v) is 10.8. The van der Waals surface area contributed by atoms with E-state index in [4.69, 9.17) is 4.74 Å². The largest absolute Gasteiger partial charge is 0.489 e. The van der Waals surface area contributed by atoms with Crippen LogP contribution in [-0.2, 0) is 6.54 Å². The fraction of sp³-hybridized carbons (Fsp3) is 0.417. The van der Waals surface area contributed by atoms with Crippen LogP contribution >= 0.6 is 24.0 Å². The smallest absolute Gasteiger partial charge is 0.253 e. The number of likely N-dealkylation sites (tertiary alicyclic amines) is 1. The summed E-state index contributed by atoms with van der Waals surface area (Å²) in [5.74, 6) is 1.08. The molecule has 1 aliphatic heterocycles. The summed E-state index contributed by atoms with van der Waals surface area (Å²) in [4.78, 5) is 18.9. The van der Waals surface area contributed by atoms with Crippen LogP contribution in [0.25, 0.3) is 0 Å². The molecule has 0 radical (unpaired) electrons. The third kappa shape index (κ3) is 7.96. The Morgan fingerprint density at radius 3 is 2.53 bits per heavy atom. The second-order valence-electron chi connectivity index (χ2n) is 7.74. The molecule has 2 aromatic rings. The maximum Gasteiger partial charge on any atom is 0.253 e. The van der Waals surface area contributed by atoms with E-state index in [0.29, 0.717) is 24.8 Å². The molecule has 0 saturated carbocycles. The van der Waals surface area contributed by atoms with Gasteiger partial charge in [0.1, 0.15) is 17.7 Å². The highest BCUT2D eigenvalue weighted by Crippen LogP contribution is 2.15. The molecule has 32 heavy (non-hydrogen) atoms. The summed E-state index contributed by atoms with van der Waals surface area (Å²) in [6.07, 6.45) is 3.23. The molecule has 0 aliphatic carbocycles. The lowest BCUT2D eigenvalue weighted by atomic mass is 10.1. The van der Waals surface area contributed by atoms with Crippen LogP contribution in [-0.4, -0.2) is 49.6 Å². The summed E-state index contributed by atoms with van der Waals surface area (Å²) in [7, 11) is 1.71. The van der Waals surface area contributed by atoms with Gasteiger partial charge in [0.2, 0.25) is 0 Å². The van der Waals surface area contributed by atoms with Crippen molar-refractivity contribution in [1.29, 1.82) is 0 Å². The van der Waals surface area contributed by atoms with Crippen molar-refractivity contribution in [3.05, 3.63) is 65.5 Å². The van der Waals surface area contributed by atoms with Gasteiger partial charge >= 0.3 is 0 Å². The third-order valence-corrected chi connectivity index (χ3v) is 5.21. The average molecular weight is 554 g/mol. The Hall–Kier alpha value is -2.36. The number of benzene rings is 2. The van der Waals surface area contributed by atoms with E-state index in [-0.39, 0.29) is 41.8 Å². The fourth-order valence-corrected chi connectivity index (χ4v) is 3.53. The average Bonchev–Trinajstić information content (AvgIpc) is 2.81. The molecule has 1 aliphatic rings. The van der Waals surface area contributed by atoms with Crippen LogP contribution in [0.3, 0.4) is 0 Å². The highest BCUT2D eigenvalue weighted by molar-refractivity contribution is 14.0. The maximum absolute atomic E-state index is 13.0. The second-order valence-corrected chi connectivity index (χ2v) is 7.74. The van der Waals surface area contributed by atoms with E-state index >= 15 is 0 Å². The number of guanidine groups is 1. The van der Waals surface area contributed by atoms with Crippen LogP contribution < -0.4 is 15.4 Å². The lowest BCUT2D eigenvalue weighted by Crippen LogP contribution is -2.41. The van der Waals surface area contributed by atoms with Crippen LogP contribution in [0.4, 0.5) is 4.39 Å². The summed E-state index contributed by atoms with van der Waals surface area (Å²) in [5.41, 5.74) is 1.74. The van der Waals surface area contributed by atoms with E-state index in [2.05, 4.69) is 15.6 Å².